The smallest absolute Gasteiger partial charge is 0.120 e. The van der Waals surface area contributed by atoms with E-state index in [9.17, 15) is 0 Å². The molecule has 4 heterocycles. The molecule has 311 valence electrons. The average molecular weight is 1000 g/mol. The van der Waals surface area contributed by atoms with Crippen LogP contribution in [0.4, 0.5) is 0 Å². The van der Waals surface area contributed by atoms with Gasteiger partial charge in [-0.2, -0.15) is 0 Å². The molecule has 0 N–H and O–H groups in total. The summed E-state index contributed by atoms with van der Waals surface area (Å²) in [6.07, 6.45) is 3.95. The maximum atomic E-state index is 6.54. The SMILES string of the molecule is CC(C)c1cc(-c2ccccc2)cc(C(C)C)c1-n1c(-c2[c-]ccc3c2oc2ccccc23)nc2cnc3ccccc3c21.Cc1cc(-c2[c-]cccc2)ncc1[Si](C)(C)C.[Ir]. The number of imidazole rings is 1. The number of pyridine rings is 2. The molecule has 7 heteroatoms. The zero-order valence-corrected chi connectivity index (χ0v) is 39.9. The molecule has 0 fully saturated rings. The third-order valence-electron chi connectivity index (χ3n) is 11.6. The van der Waals surface area contributed by atoms with E-state index >= 15 is 0 Å². The molecule has 0 saturated carbocycles. The molecule has 0 amide bonds. The normalized spacial score (nSPS) is 11.7. The topological polar surface area (TPSA) is 56.7 Å². The van der Waals surface area contributed by atoms with Crippen LogP contribution >= 0.6 is 0 Å². The van der Waals surface area contributed by atoms with Crippen molar-refractivity contribution in [2.45, 2.75) is 66.1 Å². The van der Waals surface area contributed by atoms with Gasteiger partial charge in [0.25, 0.3) is 0 Å². The quantitative estimate of drug-likeness (QED) is 0.118. The minimum Gasteiger partial charge on any atom is -0.501 e. The van der Waals surface area contributed by atoms with Gasteiger partial charge in [0.1, 0.15) is 5.58 Å². The minimum absolute atomic E-state index is 0. The van der Waals surface area contributed by atoms with E-state index in [2.05, 4.69) is 173 Å². The molecule has 0 aliphatic rings. The number of fused-ring (bicyclic) bond motifs is 6. The van der Waals surface area contributed by atoms with Gasteiger partial charge in [-0.15, -0.1) is 54.1 Å². The van der Waals surface area contributed by atoms with Crippen molar-refractivity contribution in [3.63, 3.8) is 0 Å². The Morgan fingerprint density at radius 2 is 1.31 bits per heavy atom. The number of aromatic nitrogens is 4. The molecule has 0 aliphatic carbocycles. The molecule has 10 rings (SSSR count). The van der Waals surface area contributed by atoms with Crippen LogP contribution < -0.4 is 5.19 Å². The van der Waals surface area contributed by atoms with Crippen LogP contribution in [0.25, 0.3) is 83.3 Å². The van der Waals surface area contributed by atoms with Crippen molar-refractivity contribution in [3.05, 3.63) is 175 Å². The van der Waals surface area contributed by atoms with Crippen LogP contribution in [-0.2, 0) is 20.1 Å². The van der Waals surface area contributed by atoms with Crippen molar-refractivity contribution in [3.8, 4) is 39.5 Å². The van der Waals surface area contributed by atoms with Crippen LogP contribution in [0, 0.1) is 19.1 Å². The number of benzene rings is 6. The molecule has 0 unspecified atom stereocenters. The van der Waals surface area contributed by atoms with Gasteiger partial charge in [0, 0.05) is 42.8 Å². The Balaban J connectivity index is 0.000000248. The fraction of sp³-hybridized carbons (Fsp3) is 0.182. The zero-order valence-electron chi connectivity index (χ0n) is 36.5. The third-order valence-corrected chi connectivity index (χ3v) is 13.7. The first-order valence-corrected chi connectivity index (χ1v) is 24.7. The summed E-state index contributed by atoms with van der Waals surface area (Å²) in [6, 6.07) is 53.0. The average Bonchev–Trinajstić information content (AvgIpc) is 3.85. The standard InChI is InChI=1S/C40H32N3O.C15H18NSi.Ir/c1-24(2)32-21-27(26-13-6-5-7-14-26)22-33(25(3)4)37(32)43-38-30-16-8-10-19-34(30)41-23-35(38)42-40(43)31-18-12-17-29-28-15-9-11-20-36(28)44-39(29)31;1-12-10-14(13-8-6-5-7-9-13)16-11-15(12)17(2,3)4;/h5-17,19-25H,1-4H3;5-8,10-11H,1-4H3;/q2*-1;. The van der Waals surface area contributed by atoms with E-state index in [4.69, 9.17) is 14.4 Å². The van der Waals surface area contributed by atoms with Crippen LogP contribution in [0.15, 0.2) is 150 Å². The molecule has 4 aromatic heterocycles. The predicted molar refractivity (Wildman–Crippen MR) is 258 cm³/mol. The fourth-order valence-electron chi connectivity index (χ4n) is 8.60. The number of hydrogen-bond donors (Lipinski definition) is 0. The fourth-order valence-corrected chi connectivity index (χ4v) is 10.3. The van der Waals surface area contributed by atoms with E-state index in [1.54, 1.807) is 0 Å². The molecular weight excluding hydrogens is 953 g/mol. The third kappa shape index (κ3) is 7.97. The molecule has 0 saturated heterocycles. The Kier molecular flexibility index (Phi) is 12.0. The molecule has 6 aromatic carbocycles. The van der Waals surface area contributed by atoms with E-state index < -0.39 is 8.07 Å². The van der Waals surface area contributed by atoms with Gasteiger partial charge in [0.05, 0.1) is 42.2 Å². The van der Waals surface area contributed by atoms with E-state index in [0.29, 0.717) is 0 Å². The second-order valence-corrected chi connectivity index (χ2v) is 22.6. The summed E-state index contributed by atoms with van der Waals surface area (Å²) in [6.45, 7) is 18.4. The largest absolute Gasteiger partial charge is 0.501 e. The van der Waals surface area contributed by atoms with Crippen LogP contribution in [0.1, 0.15) is 56.2 Å². The summed E-state index contributed by atoms with van der Waals surface area (Å²) >= 11 is 0. The van der Waals surface area contributed by atoms with Gasteiger partial charge in [-0.25, -0.2) is 0 Å². The zero-order chi connectivity index (χ0) is 42.4. The Labute approximate surface area is 379 Å². The summed E-state index contributed by atoms with van der Waals surface area (Å²) in [5.41, 5.74) is 14.9. The Morgan fingerprint density at radius 3 is 1.98 bits per heavy atom. The van der Waals surface area contributed by atoms with Crippen LogP contribution in [0.2, 0.25) is 19.6 Å². The van der Waals surface area contributed by atoms with Crippen molar-refractivity contribution in [2.24, 2.45) is 0 Å². The summed E-state index contributed by atoms with van der Waals surface area (Å²) in [5, 5.41) is 4.66. The Morgan fingerprint density at radius 1 is 0.629 bits per heavy atom. The van der Waals surface area contributed by atoms with Gasteiger partial charge in [0.15, 0.2) is 0 Å². The summed E-state index contributed by atoms with van der Waals surface area (Å²) in [4.78, 5) is 14.7. The van der Waals surface area contributed by atoms with Gasteiger partial charge in [-0.05, 0) is 76.2 Å². The molecule has 10 aromatic rings. The Hall–Kier alpha value is -5.98. The van der Waals surface area contributed by atoms with E-state index in [1.807, 2.05) is 48.7 Å². The summed E-state index contributed by atoms with van der Waals surface area (Å²) < 4.78 is 8.92. The Bertz CT molecular complexity index is 3170. The van der Waals surface area contributed by atoms with Crippen molar-refractivity contribution in [1.29, 1.82) is 0 Å². The number of rotatable bonds is 7. The molecule has 5 nitrogen and oxygen atoms in total. The molecule has 0 atom stereocenters. The second kappa shape index (κ2) is 17.4. The number of hydrogen-bond acceptors (Lipinski definition) is 4. The van der Waals surface area contributed by atoms with Gasteiger partial charge in [0.2, 0.25) is 0 Å². The maximum absolute atomic E-state index is 6.54. The van der Waals surface area contributed by atoms with E-state index in [-0.39, 0.29) is 31.9 Å². The molecular formula is C55H50IrN4OSi-2. The maximum Gasteiger partial charge on any atom is 0.120 e. The number of aryl methyl sites for hydroxylation is 1. The number of para-hydroxylation sites is 2. The van der Waals surface area contributed by atoms with Crippen molar-refractivity contribution < 1.29 is 24.5 Å². The number of furan rings is 1. The first kappa shape index (κ1) is 42.7. The van der Waals surface area contributed by atoms with Crippen LogP contribution in [-0.4, -0.2) is 27.6 Å². The van der Waals surface area contributed by atoms with E-state index in [1.165, 1.54) is 38.7 Å². The molecule has 0 spiro atoms. The first-order chi connectivity index (χ1) is 29.5. The van der Waals surface area contributed by atoms with Crippen molar-refractivity contribution in [1.82, 2.24) is 19.5 Å². The predicted octanol–water partition coefficient (Wildman–Crippen LogP) is 14.3. The van der Waals surface area contributed by atoms with Gasteiger partial charge >= 0.3 is 0 Å². The molecule has 1 radical (unpaired) electrons. The molecule has 0 aliphatic heterocycles. The van der Waals surface area contributed by atoms with Gasteiger partial charge in [-0.1, -0.05) is 137 Å². The van der Waals surface area contributed by atoms with Gasteiger partial charge < -0.3 is 14.0 Å². The minimum atomic E-state index is -1.27. The van der Waals surface area contributed by atoms with Crippen LogP contribution in [0.5, 0.6) is 0 Å². The second-order valence-electron chi connectivity index (χ2n) is 17.6. The van der Waals surface area contributed by atoms with Crippen molar-refractivity contribution >= 4 is 57.1 Å². The van der Waals surface area contributed by atoms with Crippen LogP contribution in [0.3, 0.4) is 0 Å². The van der Waals surface area contributed by atoms with Gasteiger partial charge in [-0.3, -0.25) is 9.97 Å². The monoisotopic (exact) mass is 1000 g/mol. The summed E-state index contributed by atoms with van der Waals surface area (Å²) in [5.74, 6) is 1.32. The molecule has 0 bridgehead atoms. The first-order valence-electron chi connectivity index (χ1n) is 21.2. The van der Waals surface area contributed by atoms with Crippen molar-refractivity contribution in [2.75, 3.05) is 0 Å². The van der Waals surface area contributed by atoms with E-state index in [0.717, 1.165) is 66.5 Å². The molecule has 62 heavy (non-hydrogen) atoms. The number of nitrogens with zero attached hydrogens (tertiary/aromatic N) is 4. The summed E-state index contributed by atoms with van der Waals surface area (Å²) in [7, 11) is -1.27.